The largest absolute Gasteiger partial charge is 0.497 e. The molecule has 1 saturated heterocycles. The van der Waals surface area contributed by atoms with Crippen molar-refractivity contribution in [2.45, 2.75) is 30.7 Å². The van der Waals surface area contributed by atoms with E-state index in [0.717, 1.165) is 25.9 Å². The normalized spacial score (nSPS) is 15.2. The van der Waals surface area contributed by atoms with Gasteiger partial charge in [0.1, 0.15) is 11.6 Å². The number of hydrogen-bond donors (Lipinski definition) is 2. The van der Waals surface area contributed by atoms with E-state index < -0.39 is 27.8 Å². The lowest BCUT2D eigenvalue weighted by Gasteiger charge is -2.19. The van der Waals surface area contributed by atoms with Crippen LogP contribution >= 0.6 is 0 Å². The zero-order valence-corrected chi connectivity index (χ0v) is 17.1. The van der Waals surface area contributed by atoms with Crippen LogP contribution in [0.1, 0.15) is 19.8 Å². The number of nitrogens with zero attached hydrogens (tertiary/aromatic N) is 1. The third-order valence-electron chi connectivity index (χ3n) is 4.76. The number of amides is 1. The highest BCUT2D eigenvalue weighted by Gasteiger charge is 2.23. The number of benzene rings is 2. The molecule has 156 valence electrons. The fraction of sp³-hybridized carbons (Fsp3) is 0.350. The molecule has 7 nitrogen and oxygen atoms in total. The Morgan fingerprint density at radius 2 is 1.79 bits per heavy atom. The molecule has 0 aromatic heterocycles. The van der Waals surface area contributed by atoms with Crippen LogP contribution in [0.25, 0.3) is 0 Å². The highest BCUT2D eigenvalue weighted by Crippen LogP contribution is 2.26. The molecule has 1 aliphatic heterocycles. The van der Waals surface area contributed by atoms with Crippen molar-refractivity contribution in [1.29, 1.82) is 0 Å². The lowest BCUT2D eigenvalue weighted by Crippen LogP contribution is -2.41. The van der Waals surface area contributed by atoms with Gasteiger partial charge in [-0.15, -0.1) is 0 Å². The van der Waals surface area contributed by atoms with Gasteiger partial charge in [0, 0.05) is 18.8 Å². The predicted molar refractivity (Wildman–Crippen MR) is 109 cm³/mol. The van der Waals surface area contributed by atoms with E-state index in [1.165, 1.54) is 44.4 Å². The number of hydrogen-bond acceptors (Lipinski definition) is 5. The van der Waals surface area contributed by atoms with Crippen molar-refractivity contribution >= 4 is 27.3 Å². The maximum Gasteiger partial charge on any atom is 0.242 e. The molecule has 1 amide bonds. The summed E-state index contributed by atoms with van der Waals surface area (Å²) in [5, 5.41) is 2.55. The number of nitrogens with one attached hydrogen (secondary N) is 2. The smallest absolute Gasteiger partial charge is 0.242 e. The number of halogens is 1. The topological polar surface area (TPSA) is 87.7 Å². The van der Waals surface area contributed by atoms with E-state index in [1.54, 1.807) is 12.1 Å². The number of ether oxygens (including phenoxy) is 1. The van der Waals surface area contributed by atoms with Crippen molar-refractivity contribution < 1.29 is 22.3 Å². The quantitative estimate of drug-likeness (QED) is 0.718. The molecule has 1 aliphatic rings. The molecule has 1 atom stereocenters. The SMILES string of the molecule is COc1ccc(S(=O)(=O)N[C@@H](C)C(=O)Nc2ccc(N3CCCC3)c(F)c2)cc1. The number of anilines is 2. The van der Waals surface area contributed by atoms with Crippen LogP contribution in [0.2, 0.25) is 0 Å². The molecule has 2 N–H and O–H groups in total. The van der Waals surface area contributed by atoms with E-state index in [1.807, 2.05) is 4.90 Å². The van der Waals surface area contributed by atoms with Gasteiger partial charge < -0.3 is 15.0 Å². The molecule has 0 unspecified atom stereocenters. The van der Waals surface area contributed by atoms with Crippen LogP contribution in [0.3, 0.4) is 0 Å². The summed E-state index contributed by atoms with van der Waals surface area (Å²) in [6.45, 7) is 3.05. The third-order valence-corrected chi connectivity index (χ3v) is 6.31. The minimum absolute atomic E-state index is 0.0129. The number of sulfonamides is 1. The van der Waals surface area contributed by atoms with E-state index >= 15 is 0 Å². The van der Waals surface area contributed by atoms with Crippen LogP contribution < -0.4 is 19.7 Å². The number of rotatable bonds is 7. The fourth-order valence-corrected chi connectivity index (χ4v) is 4.36. The van der Waals surface area contributed by atoms with Gasteiger partial charge in [-0.05, 0) is 62.2 Å². The molecule has 9 heteroatoms. The summed E-state index contributed by atoms with van der Waals surface area (Å²) in [5.74, 6) is -0.485. The standard InChI is InChI=1S/C20H24FN3O4S/c1-14(23-29(26,27)17-8-6-16(28-2)7-9-17)20(25)22-15-5-10-19(18(21)13-15)24-11-3-4-12-24/h5-10,13-14,23H,3-4,11-12H2,1-2H3,(H,22,25)/t14-/m0/s1. The molecule has 3 rings (SSSR count). The summed E-state index contributed by atoms with van der Waals surface area (Å²) < 4.78 is 46.6. The summed E-state index contributed by atoms with van der Waals surface area (Å²) in [5.41, 5.74) is 0.777. The van der Waals surface area contributed by atoms with E-state index in [-0.39, 0.29) is 10.6 Å². The maximum atomic E-state index is 14.4. The number of methoxy groups -OCH3 is 1. The van der Waals surface area contributed by atoms with Crippen molar-refractivity contribution in [2.24, 2.45) is 0 Å². The average molecular weight is 421 g/mol. The minimum Gasteiger partial charge on any atom is -0.497 e. The second-order valence-corrected chi connectivity index (χ2v) is 8.58. The maximum absolute atomic E-state index is 14.4. The van der Waals surface area contributed by atoms with Gasteiger partial charge in [-0.3, -0.25) is 4.79 Å². The molecule has 2 aromatic carbocycles. The summed E-state index contributed by atoms with van der Waals surface area (Å²) in [6.07, 6.45) is 2.06. The summed E-state index contributed by atoms with van der Waals surface area (Å²) in [7, 11) is -2.41. The first kappa shape index (κ1) is 21.1. The summed E-state index contributed by atoms with van der Waals surface area (Å²) in [4.78, 5) is 14.4. The molecule has 0 spiro atoms. The highest BCUT2D eigenvalue weighted by molar-refractivity contribution is 7.89. The van der Waals surface area contributed by atoms with Gasteiger partial charge in [0.2, 0.25) is 15.9 Å². The Morgan fingerprint density at radius 3 is 2.38 bits per heavy atom. The first-order chi connectivity index (χ1) is 13.8. The molecule has 2 aromatic rings. The van der Waals surface area contributed by atoms with E-state index in [4.69, 9.17) is 4.74 Å². The van der Waals surface area contributed by atoms with Crippen LogP contribution in [0.15, 0.2) is 47.4 Å². The van der Waals surface area contributed by atoms with Gasteiger partial charge >= 0.3 is 0 Å². The molecule has 0 bridgehead atoms. The third kappa shape index (κ3) is 5.04. The van der Waals surface area contributed by atoms with Crippen LogP contribution in [0.4, 0.5) is 15.8 Å². The van der Waals surface area contributed by atoms with E-state index in [0.29, 0.717) is 11.4 Å². The zero-order chi connectivity index (χ0) is 21.0. The van der Waals surface area contributed by atoms with Crippen molar-refractivity contribution in [3.05, 3.63) is 48.3 Å². The van der Waals surface area contributed by atoms with E-state index in [2.05, 4.69) is 10.0 Å². The molecule has 0 aliphatic carbocycles. The van der Waals surface area contributed by atoms with Gasteiger partial charge in [0.05, 0.1) is 23.7 Å². The molecule has 29 heavy (non-hydrogen) atoms. The monoisotopic (exact) mass is 421 g/mol. The Labute approximate surface area is 169 Å². The average Bonchev–Trinajstić information content (AvgIpc) is 3.22. The lowest BCUT2D eigenvalue weighted by molar-refractivity contribution is -0.117. The fourth-order valence-electron chi connectivity index (χ4n) is 3.16. The molecular formula is C20H24FN3O4S. The van der Waals surface area contributed by atoms with Crippen LogP contribution in [-0.4, -0.2) is 40.6 Å². The molecule has 0 radical (unpaired) electrons. The number of carbonyl (C=O) groups excluding carboxylic acids is 1. The molecular weight excluding hydrogens is 397 g/mol. The highest BCUT2D eigenvalue weighted by atomic mass is 32.2. The second-order valence-electron chi connectivity index (χ2n) is 6.87. The molecule has 1 heterocycles. The molecule has 0 saturated carbocycles. The Bertz CT molecular complexity index is 974. The number of carbonyl (C=O) groups is 1. The first-order valence-corrected chi connectivity index (χ1v) is 10.8. The van der Waals surface area contributed by atoms with Gasteiger partial charge in [0.15, 0.2) is 0 Å². The Kier molecular flexibility index (Phi) is 6.39. The zero-order valence-electron chi connectivity index (χ0n) is 16.3. The van der Waals surface area contributed by atoms with Crippen molar-refractivity contribution in [3.8, 4) is 5.75 Å². The van der Waals surface area contributed by atoms with Crippen LogP contribution in [-0.2, 0) is 14.8 Å². The van der Waals surface area contributed by atoms with E-state index in [9.17, 15) is 17.6 Å². The van der Waals surface area contributed by atoms with Crippen LogP contribution in [0, 0.1) is 5.82 Å². The second kappa shape index (κ2) is 8.79. The lowest BCUT2D eigenvalue weighted by atomic mass is 10.2. The van der Waals surface area contributed by atoms with Gasteiger partial charge in [-0.1, -0.05) is 0 Å². The van der Waals surface area contributed by atoms with Crippen molar-refractivity contribution in [3.63, 3.8) is 0 Å². The summed E-state index contributed by atoms with van der Waals surface area (Å²) in [6, 6.07) is 9.24. The van der Waals surface area contributed by atoms with Crippen LogP contribution in [0.5, 0.6) is 5.75 Å². The Hall–Kier alpha value is -2.65. The predicted octanol–water partition coefficient (Wildman–Crippen LogP) is 2.74. The summed E-state index contributed by atoms with van der Waals surface area (Å²) >= 11 is 0. The Balaban J connectivity index is 1.64. The van der Waals surface area contributed by atoms with Gasteiger partial charge in [0.25, 0.3) is 0 Å². The van der Waals surface area contributed by atoms with Crippen molar-refractivity contribution in [2.75, 3.05) is 30.4 Å². The van der Waals surface area contributed by atoms with Gasteiger partial charge in [-0.2, -0.15) is 4.72 Å². The Morgan fingerprint density at radius 1 is 1.14 bits per heavy atom. The van der Waals surface area contributed by atoms with Gasteiger partial charge in [-0.25, -0.2) is 12.8 Å². The minimum atomic E-state index is -3.89. The first-order valence-electron chi connectivity index (χ1n) is 9.32. The molecule has 1 fully saturated rings. The van der Waals surface area contributed by atoms with Crippen molar-refractivity contribution in [1.82, 2.24) is 4.72 Å².